The Balaban J connectivity index is 2.59. The summed E-state index contributed by atoms with van der Waals surface area (Å²) in [5, 5.41) is 2.99. The van der Waals surface area contributed by atoms with Crippen molar-refractivity contribution in [3.8, 4) is 0 Å². The zero-order valence-corrected chi connectivity index (χ0v) is 6.57. The fourth-order valence-corrected chi connectivity index (χ4v) is 0.916. The fraction of sp³-hybridized carbons (Fsp3) is 0.286. The molecule has 0 saturated heterocycles. The fourth-order valence-electron chi connectivity index (χ4n) is 0.655. The average molecular weight is 155 g/mol. The van der Waals surface area contributed by atoms with Crippen LogP contribution < -0.4 is 5.32 Å². The number of hydrogen-bond acceptors (Lipinski definition) is 2. The van der Waals surface area contributed by atoms with E-state index in [1.165, 1.54) is 0 Å². The largest absolute Gasteiger partial charge is 0.462 e. The van der Waals surface area contributed by atoms with Gasteiger partial charge in [-0.3, -0.25) is 0 Å². The van der Waals surface area contributed by atoms with E-state index < -0.39 is 0 Å². The number of nitrogens with one attached hydrogen (secondary N) is 1. The molecule has 0 spiro atoms. The van der Waals surface area contributed by atoms with Crippen LogP contribution in [0.5, 0.6) is 0 Å². The molecule has 1 aromatic heterocycles. The molecule has 3 heteroatoms. The second-order valence-electron chi connectivity index (χ2n) is 1.84. The summed E-state index contributed by atoms with van der Waals surface area (Å²) in [5.74, 6) is 0.733. The Hall–Kier alpha value is -0.830. The molecule has 54 valence electrons. The third-order valence-corrected chi connectivity index (χ3v) is 1.43. The van der Waals surface area contributed by atoms with Crippen LogP contribution in [-0.4, -0.2) is 11.5 Å². The smallest absolute Gasteiger partial charge is 0.160 e. The molecule has 0 fully saturated rings. The van der Waals surface area contributed by atoms with E-state index in [4.69, 9.17) is 16.6 Å². The lowest BCUT2D eigenvalue weighted by Gasteiger charge is -1.99. The molecule has 0 radical (unpaired) electrons. The van der Waals surface area contributed by atoms with E-state index in [-0.39, 0.29) is 0 Å². The van der Waals surface area contributed by atoms with Gasteiger partial charge in [-0.1, -0.05) is 12.2 Å². The monoisotopic (exact) mass is 155 g/mol. The summed E-state index contributed by atoms with van der Waals surface area (Å²) in [6.07, 6.45) is 1.61. The van der Waals surface area contributed by atoms with Crippen molar-refractivity contribution in [3.05, 3.63) is 24.2 Å². The molecule has 0 unspecified atom stereocenters. The molecule has 0 aliphatic rings. The number of rotatable bonds is 2. The van der Waals surface area contributed by atoms with Crippen LogP contribution in [0.15, 0.2) is 22.8 Å². The van der Waals surface area contributed by atoms with Crippen LogP contribution in [0.4, 0.5) is 0 Å². The minimum absolute atomic E-state index is 0.674. The molecule has 1 rings (SSSR count). The van der Waals surface area contributed by atoms with Gasteiger partial charge in [-0.2, -0.15) is 0 Å². The number of furan rings is 1. The van der Waals surface area contributed by atoms with Gasteiger partial charge in [0.1, 0.15) is 4.99 Å². The number of thiocarbonyl (C=S) groups is 1. The van der Waals surface area contributed by atoms with Crippen LogP contribution in [0.1, 0.15) is 12.7 Å². The molecule has 0 bridgehead atoms. The molecule has 1 heterocycles. The standard InChI is InChI=1S/C7H9NOS/c1-2-8-7(10)6-4-3-5-9-6/h3-5H,2H2,1H3,(H,8,10). The van der Waals surface area contributed by atoms with Crippen LogP contribution in [0, 0.1) is 0 Å². The molecule has 0 aliphatic carbocycles. The lowest BCUT2D eigenvalue weighted by molar-refractivity contribution is 0.556. The average Bonchev–Trinajstić information content (AvgIpc) is 2.38. The predicted molar refractivity (Wildman–Crippen MR) is 44.1 cm³/mol. The first-order chi connectivity index (χ1) is 4.84. The molecule has 0 saturated carbocycles. The predicted octanol–water partition coefficient (Wildman–Crippen LogP) is 1.56. The molecule has 1 N–H and O–H groups in total. The SMILES string of the molecule is CCNC(=S)c1ccco1. The van der Waals surface area contributed by atoms with Gasteiger partial charge >= 0.3 is 0 Å². The van der Waals surface area contributed by atoms with Crippen molar-refractivity contribution < 1.29 is 4.42 Å². The lowest BCUT2D eigenvalue weighted by atomic mass is 10.4. The van der Waals surface area contributed by atoms with E-state index in [2.05, 4.69) is 5.32 Å². The van der Waals surface area contributed by atoms with E-state index in [0.29, 0.717) is 4.99 Å². The van der Waals surface area contributed by atoms with Gasteiger partial charge in [0.25, 0.3) is 0 Å². The summed E-state index contributed by atoms with van der Waals surface area (Å²) in [6, 6.07) is 3.66. The summed E-state index contributed by atoms with van der Waals surface area (Å²) < 4.78 is 5.04. The summed E-state index contributed by atoms with van der Waals surface area (Å²) in [6.45, 7) is 2.83. The maximum atomic E-state index is 5.04. The maximum absolute atomic E-state index is 5.04. The van der Waals surface area contributed by atoms with Crippen LogP contribution >= 0.6 is 12.2 Å². The van der Waals surface area contributed by atoms with Crippen molar-refractivity contribution in [2.45, 2.75) is 6.92 Å². The van der Waals surface area contributed by atoms with Gasteiger partial charge in [-0.15, -0.1) is 0 Å². The first-order valence-corrected chi connectivity index (χ1v) is 3.57. The van der Waals surface area contributed by atoms with E-state index >= 15 is 0 Å². The Morgan fingerprint density at radius 3 is 3.10 bits per heavy atom. The van der Waals surface area contributed by atoms with Crippen molar-refractivity contribution in [1.82, 2.24) is 5.32 Å². The molecule has 1 aromatic rings. The summed E-state index contributed by atoms with van der Waals surface area (Å²) in [7, 11) is 0. The third-order valence-electron chi connectivity index (χ3n) is 1.08. The van der Waals surface area contributed by atoms with Gasteiger partial charge in [-0.25, -0.2) is 0 Å². The molecule has 0 aliphatic heterocycles. The van der Waals surface area contributed by atoms with Gasteiger partial charge in [0.2, 0.25) is 0 Å². The van der Waals surface area contributed by atoms with E-state index in [1.54, 1.807) is 6.26 Å². The molecule has 2 nitrogen and oxygen atoms in total. The minimum Gasteiger partial charge on any atom is -0.462 e. The van der Waals surface area contributed by atoms with Crippen molar-refractivity contribution in [2.75, 3.05) is 6.54 Å². The Morgan fingerprint density at radius 1 is 1.80 bits per heavy atom. The van der Waals surface area contributed by atoms with Gasteiger partial charge in [0, 0.05) is 6.54 Å². The zero-order chi connectivity index (χ0) is 7.40. The Bertz CT molecular complexity index is 205. The Labute approximate surface area is 65.2 Å². The second kappa shape index (κ2) is 3.37. The van der Waals surface area contributed by atoms with E-state index in [1.807, 2.05) is 19.1 Å². The van der Waals surface area contributed by atoms with Gasteiger partial charge in [0.05, 0.1) is 6.26 Å². The van der Waals surface area contributed by atoms with Crippen LogP contribution in [-0.2, 0) is 0 Å². The van der Waals surface area contributed by atoms with Gasteiger partial charge in [0.15, 0.2) is 5.76 Å². The Morgan fingerprint density at radius 2 is 2.60 bits per heavy atom. The highest BCUT2D eigenvalue weighted by molar-refractivity contribution is 7.80. The number of hydrogen-bond donors (Lipinski definition) is 1. The van der Waals surface area contributed by atoms with E-state index in [9.17, 15) is 0 Å². The van der Waals surface area contributed by atoms with Crippen LogP contribution in [0.2, 0.25) is 0 Å². The second-order valence-corrected chi connectivity index (χ2v) is 2.25. The van der Waals surface area contributed by atoms with Crippen LogP contribution in [0.3, 0.4) is 0 Å². The molecular formula is C7H9NOS. The highest BCUT2D eigenvalue weighted by Gasteiger charge is 1.99. The Kier molecular flexibility index (Phi) is 2.45. The topological polar surface area (TPSA) is 25.2 Å². The quantitative estimate of drug-likeness (QED) is 0.656. The van der Waals surface area contributed by atoms with Crippen LogP contribution in [0.25, 0.3) is 0 Å². The molecule has 0 aromatic carbocycles. The minimum atomic E-state index is 0.674. The van der Waals surface area contributed by atoms with Crippen molar-refractivity contribution in [1.29, 1.82) is 0 Å². The zero-order valence-electron chi connectivity index (χ0n) is 5.76. The molecule has 10 heavy (non-hydrogen) atoms. The maximum Gasteiger partial charge on any atom is 0.160 e. The summed E-state index contributed by atoms with van der Waals surface area (Å²) >= 11 is 4.97. The highest BCUT2D eigenvalue weighted by atomic mass is 32.1. The van der Waals surface area contributed by atoms with Gasteiger partial charge < -0.3 is 9.73 Å². The molecule has 0 amide bonds. The summed E-state index contributed by atoms with van der Waals surface area (Å²) in [5.41, 5.74) is 0. The van der Waals surface area contributed by atoms with Gasteiger partial charge in [-0.05, 0) is 19.1 Å². The normalized spacial score (nSPS) is 9.30. The molecule has 0 atom stereocenters. The molecular weight excluding hydrogens is 146 g/mol. The lowest BCUT2D eigenvalue weighted by Crippen LogP contribution is -2.20. The third kappa shape index (κ3) is 1.57. The highest BCUT2D eigenvalue weighted by Crippen LogP contribution is 1.99. The van der Waals surface area contributed by atoms with E-state index in [0.717, 1.165) is 12.3 Å². The summed E-state index contributed by atoms with van der Waals surface area (Å²) in [4.78, 5) is 0.674. The van der Waals surface area contributed by atoms with Crippen molar-refractivity contribution in [3.63, 3.8) is 0 Å². The first kappa shape index (κ1) is 7.28. The van der Waals surface area contributed by atoms with Crippen molar-refractivity contribution in [2.24, 2.45) is 0 Å². The first-order valence-electron chi connectivity index (χ1n) is 3.16. The van der Waals surface area contributed by atoms with Crippen molar-refractivity contribution >= 4 is 17.2 Å².